The van der Waals surface area contributed by atoms with Crippen molar-refractivity contribution in [1.29, 1.82) is 0 Å². The number of hydrogen-bond donors (Lipinski definition) is 5. The van der Waals surface area contributed by atoms with E-state index in [1.165, 1.54) is 0 Å². The van der Waals surface area contributed by atoms with E-state index in [4.69, 9.17) is 36.6 Å². The van der Waals surface area contributed by atoms with Crippen LogP contribution in [0.4, 0.5) is 13.2 Å². The van der Waals surface area contributed by atoms with Gasteiger partial charge < -0.3 is 56.7 Å². The van der Waals surface area contributed by atoms with Gasteiger partial charge >= 0.3 is 12.1 Å². The molecule has 22 heteroatoms. The van der Waals surface area contributed by atoms with Crippen LogP contribution in [0.3, 0.4) is 0 Å². The van der Waals surface area contributed by atoms with Gasteiger partial charge in [-0.2, -0.15) is 13.2 Å². The number of benzene rings is 1. The van der Waals surface area contributed by atoms with Gasteiger partial charge in [-0.1, -0.05) is 72.2 Å². The van der Waals surface area contributed by atoms with Crippen LogP contribution in [0.25, 0.3) is 0 Å². The lowest BCUT2D eigenvalue weighted by Crippen LogP contribution is -2.58. The third kappa shape index (κ3) is 17.5. The van der Waals surface area contributed by atoms with Crippen molar-refractivity contribution in [1.82, 2.24) is 29.8 Å². The average molecular weight is 1050 g/mol. The zero-order valence-corrected chi connectivity index (χ0v) is 45.9. The summed E-state index contributed by atoms with van der Waals surface area (Å²) in [7, 11) is 10.7. The number of likely N-dealkylation sites (tertiary alicyclic amines) is 1. The molecule has 1 aromatic rings. The second-order valence-electron chi connectivity index (χ2n) is 20.6. The predicted octanol–water partition coefficient (Wildman–Crippen LogP) is 3.18. The maximum atomic E-state index is 14.4. The Kier molecular flexibility index (Phi) is 25.8. The highest BCUT2D eigenvalue weighted by molar-refractivity contribution is 6.14. The first-order valence-corrected chi connectivity index (χ1v) is 25.4. The van der Waals surface area contributed by atoms with Crippen molar-refractivity contribution in [2.24, 2.45) is 46.8 Å². The van der Waals surface area contributed by atoms with Crippen molar-refractivity contribution in [3.05, 3.63) is 47.5 Å². The molecule has 1 fully saturated rings. The molecule has 3 rings (SSSR count). The number of alkyl halides is 3. The van der Waals surface area contributed by atoms with Crippen molar-refractivity contribution in [2.45, 2.75) is 148 Å². The highest BCUT2D eigenvalue weighted by atomic mass is 19.4. The third-order valence-electron chi connectivity index (χ3n) is 15.1. The summed E-state index contributed by atoms with van der Waals surface area (Å²) in [5.41, 5.74) is 21.9. The quantitative estimate of drug-likeness (QED) is 0.0836. The number of nitrogens with zero attached hydrogens (tertiary/aromatic N) is 5. The van der Waals surface area contributed by atoms with E-state index in [1.807, 2.05) is 89.8 Å². The van der Waals surface area contributed by atoms with Gasteiger partial charge in [-0.05, 0) is 76.1 Å². The normalized spacial score (nSPS) is 19.8. The zero-order chi connectivity index (χ0) is 56.7. The van der Waals surface area contributed by atoms with Gasteiger partial charge in [0.1, 0.15) is 6.54 Å². The number of hydrogen-bond acceptors (Lipinski definition) is 13. The largest absolute Gasteiger partial charge is 0.490 e. The monoisotopic (exact) mass is 1050 g/mol. The fourth-order valence-electron chi connectivity index (χ4n) is 9.91. The fourth-order valence-corrected chi connectivity index (χ4v) is 9.91. The van der Waals surface area contributed by atoms with Crippen molar-refractivity contribution in [3.8, 4) is 0 Å². The Hall–Kier alpha value is -5.00. The first-order valence-electron chi connectivity index (χ1n) is 25.4. The number of ether oxygens (including phenoxy) is 2. The lowest BCUT2D eigenvalue weighted by molar-refractivity contribution is -0.192. The summed E-state index contributed by atoms with van der Waals surface area (Å²) < 4.78 is 43.9. The van der Waals surface area contributed by atoms with Gasteiger partial charge in [0.15, 0.2) is 0 Å². The van der Waals surface area contributed by atoms with E-state index in [0.717, 1.165) is 41.0 Å². The average Bonchev–Trinajstić information content (AvgIpc) is 3.96. The molecule has 19 nitrogen and oxygen atoms in total. The first kappa shape index (κ1) is 65.1. The molecular formula is C52H86F3N9O10. The van der Waals surface area contributed by atoms with E-state index in [1.54, 1.807) is 38.0 Å². The molecule has 1 aromatic carbocycles. The smallest absolute Gasteiger partial charge is 0.475 e. The van der Waals surface area contributed by atoms with E-state index in [-0.39, 0.29) is 60.0 Å². The highest BCUT2D eigenvalue weighted by Crippen LogP contribution is 2.32. The number of aliphatic carboxylic acids is 1. The Labute approximate surface area is 436 Å². The molecule has 74 heavy (non-hydrogen) atoms. The standard InChI is InChI=1S/C50H85N9O8.C2HF3O2/c1-15-30(4)47(57(12)50(65)43(29(2)3)46(53)34(8)55(9)10)38(66-13)27-42(63)58-24-17-20-37(58)48(67-14)32(6)49(64)56(11)25-23-35-18-16-19-36(26-35)45(52)31(5)44(51)33(7)54-39(60)28-59-40(61)21-22-41(59)62;3-2(4,5)1(6)7/h16,18-19,21-22,26,29-34,37-38,43-48H,15,17,20,23-25,27-28,51-53H2,1-14H3,(H,54,60);(H,6,7)/t30-,31+,32+,33-,34+,37-,38+,43-,44?,45?,46?,47-,48+;/m0./s1. The SMILES string of the molecule is CC[C@H](C)[C@@H]([C@@H](CC(=O)N1CCC[C@H]1[C@H](OC)[C@@H](C)C(=O)N(C)CCc1cccc(C(N)[C@H](C)C(N)[C@H](C)NC(=O)CN2C(=O)C=CC2=O)c1)OC)N(C)C(=O)[C@@H](C(C)C)C(N)[C@@H](C)N(C)C.O=C(O)C(F)(F)F. The summed E-state index contributed by atoms with van der Waals surface area (Å²) in [5.74, 6) is -5.81. The van der Waals surface area contributed by atoms with Gasteiger partial charge in [0.2, 0.25) is 23.6 Å². The second kappa shape index (κ2) is 29.3. The molecule has 1 saturated heterocycles. The summed E-state index contributed by atoms with van der Waals surface area (Å²) in [5, 5.41) is 9.92. The molecule has 0 radical (unpaired) electrons. The number of halogens is 3. The molecule has 8 N–H and O–H groups in total. The van der Waals surface area contributed by atoms with Gasteiger partial charge in [-0.3, -0.25) is 33.7 Å². The molecule has 0 aliphatic carbocycles. The molecule has 0 saturated carbocycles. The first-order chi connectivity index (χ1) is 34.4. The minimum absolute atomic E-state index is 0.00277. The lowest BCUT2D eigenvalue weighted by atomic mass is 9.82. The molecule has 2 aliphatic rings. The van der Waals surface area contributed by atoms with E-state index in [2.05, 4.69) is 19.2 Å². The number of carbonyl (C=O) groups is 7. The number of carboxylic acids is 1. The summed E-state index contributed by atoms with van der Waals surface area (Å²) in [4.78, 5) is 96.3. The van der Waals surface area contributed by atoms with Gasteiger partial charge in [-0.25, -0.2) is 4.79 Å². The Morgan fingerprint density at radius 3 is 1.97 bits per heavy atom. The summed E-state index contributed by atoms with van der Waals surface area (Å²) in [6.07, 6.45) is -1.09. The van der Waals surface area contributed by atoms with Gasteiger partial charge in [-0.15, -0.1) is 0 Å². The number of carboxylic acid groups (broad SMARTS) is 1. The summed E-state index contributed by atoms with van der Waals surface area (Å²) in [6, 6.07) is 5.20. The molecule has 420 valence electrons. The van der Waals surface area contributed by atoms with E-state index in [9.17, 15) is 41.9 Å². The molecular weight excluding hydrogens is 968 g/mol. The zero-order valence-electron chi connectivity index (χ0n) is 45.9. The number of nitrogens with two attached hydrogens (primary N) is 3. The highest BCUT2D eigenvalue weighted by Gasteiger charge is 2.44. The van der Waals surface area contributed by atoms with E-state index in [0.29, 0.717) is 25.9 Å². The fraction of sp³-hybridized carbons (Fsp3) is 0.712. The number of amides is 6. The molecule has 13 atom stereocenters. The van der Waals surface area contributed by atoms with Crippen LogP contribution >= 0.6 is 0 Å². The van der Waals surface area contributed by atoms with E-state index < -0.39 is 84.6 Å². The van der Waals surface area contributed by atoms with Crippen molar-refractivity contribution in [3.63, 3.8) is 0 Å². The Morgan fingerprint density at radius 2 is 1.47 bits per heavy atom. The number of likely N-dealkylation sites (N-methyl/N-ethyl adjacent to an activating group) is 3. The lowest BCUT2D eigenvalue weighted by Gasteiger charge is -2.42. The second-order valence-corrected chi connectivity index (χ2v) is 20.6. The summed E-state index contributed by atoms with van der Waals surface area (Å²) in [6.45, 7) is 16.3. The van der Waals surface area contributed by atoms with Crippen molar-refractivity contribution in [2.75, 3.05) is 62.0 Å². The summed E-state index contributed by atoms with van der Waals surface area (Å²) >= 11 is 0. The van der Waals surface area contributed by atoms with Gasteiger partial charge in [0.05, 0.1) is 42.5 Å². The van der Waals surface area contributed by atoms with Crippen LogP contribution in [0, 0.1) is 29.6 Å². The number of methoxy groups -OCH3 is 2. The molecule has 3 unspecified atom stereocenters. The minimum Gasteiger partial charge on any atom is -0.475 e. The number of nitrogens with one attached hydrogen (secondary N) is 1. The minimum atomic E-state index is -5.08. The molecule has 0 aromatic heterocycles. The van der Waals surface area contributed by atoms with Gasteiger partial charge in [0, 0.05) is 83.8 Å². The van der Waals surface area contributed by atoms with Crippen LogP contribution in [-0.4, -0.2) is 188 Å². The van der Waals surface area contributed by atoms with Gasteiger partial charge in [0.25, 0.3) is 11.8 Å². The molecule has 2 heterocycles. The van der Waals surface area contributed by atoms with Crippen molar-refractivity contribution >= 4 is 41.4 Å². The van der Waals surface area contributed by atoms with Crippen molar-refractivity contribution < 1.29 is 61.3 Å². The molecule has 0 bridgehead atoms. The Morgan fingerprint density at radius 1 is 0.892 bits per heavy atom. The Balaban J connectivity index is 0.00000249. The molecule has 2 aliphatic heterocycles. The topological polar surface area (TPSA) is 264 Å². The molecule has 0 spiro atoms. The van der Waals surface area contributed by atoms with Crippen LogP contribution in [0.2, 0.25) is 0 Å². The Bertz CT molecular complexity index is 2060. The van der Waals surface area contributed by atoms with E-state index >= 15 is 0 Å². The predicted molar refractivity (Wildman–Crippen MR) is 275 cm³/mol. The number of imide groups is 1. The van der Waals surface area contributed by atoms with Crippen LogP contribution in [0.1, 0.15) is 98.2 Å². The number of carbonyl (C=O) groups excluding carboxylic acids is 6. The van der Waals surface area contributed by atoms with Crippen LogP contribution in [-0.2, 0) is 49.5 Å². The number of rotatable bonds is 26. The maximum Gasteiger partial charge on any atom is 0.490 e. The van der Waals surface area contributed by atoms with Crippen LogP contribution in [0.5, 0.6) is 0 Å². The third-order valence-corrected chi connectivity index (χ3v) is 15.1. The van der Waals surface area contributed by atoms with Crippen LogP contribution in [0.15, 0.2) is 36.4 Å². The van der Waals surface area contributed by atoms with Crippen LogP contribution < -0.4 is 22.5 Å². The maximum absolute atomic E-state index is 14.4. The molecule has 6 amide bonds.